The van der Waals surface area contributed by atoms with E-state index in [1.165, 1.54) is 38.1 Å². The topological polar surface area (TPSA) is 178 Å². The van der Waals surface area contributed by atoms with Gasteiger partial charge in [-0.1, -0.05) is 18.2 Å². The fourth-order valence-electron chi connectivity index (χ4n) is 4.51. The van der Waals surface area contributed by atoms with Crippen LogP contribution >= 0.6 is 0 Å². The third-order valence-electron chi connectivity index (χ3n) is 6.54. The van der Waals surface area contributed by atoms with E-state index in [2.05, 4.69) is 5.32 Å². The molecule has 3 aromatic rings. The van der Waals surface area contributed by atoms with Gasteiger partial charge in [0.05, 0.1) is 4.90 Å². The summed E-state index contributed by atoms with van der Waals surface area (Å²) in [5, 5.41) is 32.6. The van der Waals surface area contributed by atoms with Gasteiger partial charge in [-0.15, -0.1) is 0 Å². The normalized spacial score (nSPS) is 14.7. The Labute approximate surface area is 235 Å². The van der Waals surface area contributed by atoms with Gasteiger partial charge in [0.1, 0.15) is 16.9 Å². The first kappa shape index (κ1) is 29.0. The Balaban J connectivity index is 1.87. The number of hydrogen-bond donors (Lipinski definition) is 5. The third-order valence-corrected chi connectivity index (χ3v) is 7.54. The third kappa shape index (κ3) is 5.96. The lowest BCUT2D eigenvalue weighted by Crippen LogP contribution is -2.17. The molecule has 1 aliphatic rings. The Kier molecular flexibility index (Phi) is 7.69. The number of rotatable bonds is 7. The molecule has 10 nitrogen and oxygen atoms in total. The highest BCUT2D eigenvalue weighted by atomic mass is 32.2. The van der Waals surface area contributed by atoms with Crippen LogP contribution in [0.2, 0.25) is 0 Å². The summed E-state index contributed by atoms with van der Waals surface area (Å²) in [4.78, 5) is 35.9. The molecule has 3 aromatic carbocycles. The monoisotopic (exact) mass is 575 g/mol. The number of Topliss-reactive ketones (excluding diaryl/α,β-unsaturated/α-hetero) is 1. The first-order valence-corrected chi connectivity index (χ1v) is 13.6. The number of ketones is 1. The van der Waals surface area contributed by atoms with Crippen molar-refractivity contribution < 1.29 is 42.7 Å². The Morgan fingerprint density at radius 1 is 0.780 bits per heavy atom. The van der Waals surface area contributed by atoms with E-state index in [1.807, 2.05) is 0 Å². The number of allylic oxidation sites excluding steroid dienone is 4. The number of nitrogens with one attached hydrogen (secondary N) is 1. The number of anilines is 2. The molecule has 0 saturated heterocycles. The molecule has 0 unspecified atom stereocenters. The molecule has 0 bridgehead atoms. The fourth-order valence-corrected chi connectivity index (χ4v) is 5.26. The zero-order valence-corrected chi connectivity index (χ0v) is 22.9. The Morgan fingerprint density at radius 2 is 1.41 bits per heavy atom. The van der Waals surface area contributed by atoms with Crippen LogP contribution in [0.3, 0.4) is 0 Å². The molecule has 4 rings (SSSR count). The standard InChI is InChI=1S/C30H25NO9S/c1-15-4-7-22(14-25(15)41(38,39)40)31-21-8-5-18(6-9-21)26(19-10-16(2)27(32)23(12-19)29(34)35)20-11-17(3)28(33)24(13-20)30(36)37/h4-14,31-32H,1-3H3,(H,34,35)(H,36,37)(H,38,39,40)/b26-20+. The number of aliphatic carboxylic acids is 1. The molecule has 0 radical (unpaired) electrons. The van der Waals surface area contributed by atoms with Gasteiger partial charge in [0.2, 0.25) is 0 Å². The number of aryl methyl sites for hydroxylation is 2. The molecule has 0 spiro atoms. The minimum atomic E-state index is -4.43. The number of benzene rings is 3. The van der Waals surface area contributed by atoms with Crippen LogP contribution in [0.25, 0.3) is 5.57 Å². The van der Waals surface area contributed by atoms with Crippen LogP contribution < -0.4 is 5.32 Å². The van der Waals surface area contributed by atoms with Crippen molar-refractivity contribution in [2.75, 3.05) is 5.32 Å². The lowest BCUT2D eigenvalue weighted by atomic mass is 9.85. The summed E-state index contributed by atoms with van der Waals surface area (Å²) in [5.41, 5.74) is 2.64. The first-order chi connectivity index (χ1) is 19.2. The molecule has 5 N–H and O–H groups in total. The number of carboxylic acid groups (broad SMARTS) is 2. The number of carbonyl (C=O) groups excluding carboxylic acids is 1. The van der Waals surface area contributed by atoms with Gasteiger partial charge in [0.15, 0.2) is 5.78 Å². The molecule has 0 fully saturated rings. The summed E-state index contributed by atoms with van der Waals surface area (Å²) in [5.74, 6) is -3.81. The molecule has 0 heterocycles. The lowest BCUT2D eigenvalue weighted by molar-refractivity contribution is -0.134. The largest absolute Gasteiger partial charge is 0.507 e. The Bertz CT molecular complexity index is 1830. The van der Waals surface area contributed by atoms with Crippen LogP contribution in [0.15, 0.2) is 88.4 Å². The highest BCUT2D eigenvalue weighted by molar-refractivity contribution is 7.85. The van der Waals surface area contributed by atoms with Gasteiger partial charge in [0.25, 0.3) is 10.1 Å². The molecule has 0 aliphatic heterocycles. The minimum absolute atomic E-state index is 0.179. The van der Waals surface area contributed by atoms with Crippen molar-refractivity contribution in [1.82, 2.24) is 0 Å². The van der Waals surface area contributed by atoms with Gasteiger partial charge in [-0.05, 0) is 108 Å². The van der Waals surface area contributed by atoms with Crippen molar-refractivity contribution in [3.05, 3.63) is 111 Å². The van der Waals surface area contributed by atoms with Crippen LogP contribution in [0.4, 0.5) is 11.4 Å². The fraction of sp³-hybridized carbons (Fsp3) is 0.100. The van der Waals surface area contributed by atoms with Gasteiger partial charge in [-0.25, -0.2) is 9.59 Å². The minimum Gasteiger partial charge on any atom is -0.507 e. The summed E-state index contributed by atoms with van der Waals surface area (Å²) in [6, 6.07) is 14.0. The highest BCUT2D eigenvalue weighted by Gasteiger charge is 2.26. The van der Waals surface area contributed by atoms with E-state index >= 15 is 0 Å². The highest BCUT2D eigenvalue weighted by Crippen LogP contribution is 2.36. The van der Waals surface area contributed by atoms with Crippen LogP contribution in [0, 0.1) is 13.8 Å². The second-order valence-electron chi connectivity index (χ2n) is 9.50. The lowest BCUT2D eigenvalue weighted by Gasteiger charge is -2.18. The molecular formula is C30H25NO9S. The number of aromatic carboxylic acids is 1. The van der Waals surface area contributed by atoms with E-state index in [9.17, 15) is 42.7 Å². The average molecular weight is 576 g/mol. The van der Waals surface area contributed by atoms with Crippen molar-refractivity contribution in [3.8, 4) is 5.75 Å². The quantitative estimate of drug-likeness (QED) is 0.189. The van der Waals surface area contributed by atoms with E-state index in [-0.39, 0.29) is 21.6 Å². The maximum absolute atomic E-state index is 12.5. The van der Waals surface area contributed by atoms with Crippen molar-refractivity contribution in [3.63, 3.8) is 0 Å². The smallest absolute Gasteiger partial charge is 0.339 e. The summed E-state index contributed by atoms with van der Waals surface area (Å²) in [6.07, 6.45) is 2.74. The van der Waals surface area contributed by atoms with E-state index in [0.717, 1.165) is 0 Å². The zero-order chi connectivity index (χ0) is 30.2. The Morgan fingerprint density at radius 3 is 2.00 bits per heavy atom. The number of carboxylic acids is 2. The summed E-state index contributed by atoms with van der Waals surface area (Å²) >= 11 is 0. The number of hydrogen-bond acceptors (Lipinski definition) is 7. The molecule has 0 amide bonds. The molecule has 210 valence electrons. The zero-order valence-electron chi connectivity index (χ0n) is 22.1. The first-order valence-electron chi connectivity index (χ1n) is 12.1. The SMILES string of the molecule is CC1=C/C(=C(/c2ccc(Nc3ccc(C)c(S(=O)(=O)O)c3)cc2)c2cc(C)c(O)c(C(=O)O)c2)C=C(C(=O)O)C1=O. The van der Waals surface area contributed by atoms with Gasteiger partial charge in [-0.3, -0.25) is 9.35 Å². The molecule has 0 aromatic heterocycles. The van der Waals surface area contributed by atoms with E-state index in [1.54, 1.807) is 49.4 Å². The maximum atomic E-state index is 12.5. The maximum Gasteiger partial charge on any atom is 0.339 e. The van der Waals surface area contributed by atoms with Crippen LogP contribution in [0.5, 0.6) is 5.75 Å². The van der Waals surface area contributed by atoms with Crippen molar-refractivity contribution in [1.29, 1.82) is 0 Å². The van der Waals surface area contributed by atoms with Crippen molar-refractivity contribution in [2.45, 2.75) is 25.7 Å². The molecule has 1 aliphatic carbocycles. The predicted molar refractivity (Wildman–Crippen MR) is 151 cm³/mol. The number of carbonyl (C=O) groups is 3. The number of aromatic hydroxyl groups is 1. The molecule has 11 heteroatoms. The second kappa shape index (κ2) is 10.9. The van der Waals surface area contributed by atoms with E-state index in [4.69, 9.17) is 0 Å². The van der Waals surface area contributed by atoms with Gasteiger partial charge < -0.3 is 20.6 Å². The van der Waals surface area contributed by atoms with E-state index in [0.29, 0.717) is 39.2 Å². The van der Waals surface area contributed by atoms with Gasteiger partial charge in [-0.2, -0.15) is 8.42 Å². The molecule has 41 heavy (non-hydrogen) atoms. The van der Waals surface area contributed by atoms with Gasteiger partial charge >= 0.3 is 11.9 Å². The number of phenols is 1. The van der Waals surface area contributed by atoms with Crippen LogP contribution in [0.1, 0.15) is 39.5 Å². The molecule has 0 saturated carbocycles. The van der Waals surface area contributed by atoms with Crippen LogP contribution in [-0.4, -0.2) is 46.0 Å². The Hall–Kier alpha value is -5.00. The second-order valence-corrected chi connectivity index (χ2v) is 10.9. The van der Waals surface area contributed by atoms with Crippen LogP contribution in [-0.2, 0) is 19.7 Å². The summed E-state index contributed by atoms with van der Waals surface area (Å²) in [7, 11) is -4.43. The summed E-state index contributed by atoms with van der Waals surface area (Å²) < 4.78 is 32.9. The molecule has 0 atom stereocenters. The van der Waals surface area contributed by atoms with E-state index < -0.39 is 39.2 Å². The van der Waals surface area contributed by atoms with Crippen molar-refractivity contribution >= 4 is 44.8 Å². The van der Waals surface area contributed by atoms with Crippen molar-refractivity contribution in [2.24, 2.45) is 0 Å². The van der Waals surface area contributed by atoms with Gasteiger partial charge in [0, 0.05) is 11.4 Å². The predicted octanol–water partition coefficient (Wildman–Crippen LogP) is 5.04. The average Bonchev–Trinajstić information content (AvgIpc) is 2.89. The summed E-state index contributed by atoms with van der Waals surface area (Å²) in [6.45, 7) is 4.57. The molecular weight excluding hydrogens is 550 g/mol.